The van der Waals surface area contributed by atoms with Gasteiger partial charge in [0.1, 0.15) is 12.7 Å². The predicted octanol–water partition coefficient (Wildman–Crippen LogP) is 2.97. The Hall–Kier alpha value is -2.86. The minimum Gasteiger partial charge on any atom is -0.461 e. The van der Waals surface area contributed by atoms with E-state index in [4.69, 9.17) is 9.47 Å². The summed E-state index contributed by atoms with van der Waals surface area (Å²) >= 11 is 0. The van der Waals surface area contributed by atoms with Crippen LogP contribution in [0.5, 0.6) is 0 Å². The van der Waals surface area contributed by atoms with E-state index in [1.54, 1.807) is 44.2 Å². The molecule has 0 saturated carbocycles. The molecule has 2 aromatic rings. The zero-order chi connectivity index (χ0) is 18.9. The van der Waals surface area contributed by atoms with Crippen LogP contribution in [0.25, 0.3) is 0 Å². The van der Waals surface area contributed by atoms with E-state index in [9.17, 15) is 14.7 Å². The van der Waals surface area contributed by atoms with Crippen LogP contribution in [0.15, 0.2) is 60.7 Å². The van der Waals surface area contributed by atoms with Crippen LogP contribution >= 0.6 is 0 Å². The number of aliphatic hydroxyl groups is 1. The molecule has 0 aliphatic heterocycles. The third-order valence-electron chi connectivity index (χ3n) is 3.55. The summed E-state index contributed by atoms with van der Waals surface area (Å²) in [6.45, 7) is 3.44. The van der Waals surface area contributed by atoms with Gasteiger partial charge in [-0.05, 0) is 25.0 Å². The monoisotopic (exact) mass is 357 g/mol. The van der Waals surface area contributed by atoms with Gasteiger partial charge in [-0.1, -0.05) is 60.7 Å². The average Bonchev–Trinajstić information content (AvgIpc) is 2.65. The van der Waals surface area contributed by atoms with E-state index in [0.717, 1.165) is 5.56 Å². The van der Waals surface area contributed by atoms with Crippen molar-refractivity contribution in [1.82, 2.24) is 5.32 Å². The fourth-order valence-corrected chi connectivity index (χ4v) is 2.31. The van der Waals surface area contributed by atoms with Crippen LogP contribution in [0.3, 0.4) is 0 Å². The fraction of sp³-hybridized carbons (Fsp3) is 0.300. The van der Waals surface area contributed by atoms with Crippen LogP contribution in [0.4, 0.5) is 4.79 Å². The first-order chi connectivity index (χ1) is 12.5. The Morgan fingerprint density at radius 2 is 1.58 bits per heavy atom. The molecule has 0 unspecified atom stereocenters. The van der Waals surface area contributed by atoms with Gasteiger partial charge in [-0.3, -0.25) is 0 Å². The highest BCUT2D eigenvalue weighted by molar-refractivity contribution is 5.82. The largest absolute Gasteiger partial charge is 0.461 e. The number of hydrogen-bond donors (Lipinski definition) is 2. The molecule has 0 aliphatic rings. The normalized spacial score (nSPS) is 12.9. The van der Waals surface area contributed by atoms with E-state index >= 15 is 0 Å². The number of ether oxygens (including phenoxy) is 2. The molecule has 26 heavy (non-hydrogen) atoms. The molecule has 0 saturated heterocycles. The summed E-state index contributed by atoms with van der Waals surface area (Å²) in [4.78, 5) is 24.4. The maximum atomic E-state index is 12.3. The standard InChI is InChI=1S/C20H23NO5/c1-14(2)26-19(23)17(18(22)16-11-7-4-8-12-16)21-20(24)25-13-15-9-5-3-6-10-15/h3-12,14,17-18,22H,13H2,1-2H3,(H,21,24)/t17-,18+/m1/s1. The lowest BCUT2D eigenvalue weighted by atomic mass is 10.0. The van der Waals surface area contributed by atoms with Crippen molar-refractivity contribution in [2.75, 3.05) is 0 Å². The Balaban J connectivity index is 2.05. The van der Waals surface area contributed by atoms with Crippen molar-refractivity contribution in [2.45, 2.75) is 38.7 Å². The summed E-state index contributed by atoms with van der Waals surface area (Å²) in [5, 5.41) is 12.9. The first-order valence-corrected chi connectivity index (χ1v) is 8.38. The molecule has 0 aromatic heterocycles. The van der Waals surface area contributed by atoms with Gasteiger partial charge in [-0.25, -0.2) is 9.59 Å². The Bertz CT molecular complexity index is 703. The van der Waals surface area contributed by atoms with Crippen LogP contribution in [-0.4, -0.2) is 29.3 Å². The molecule has 0 heterocycles. The molecule has 1 amide bonds. The van der Waals surface area contributed by atoms with E-state index in [1.165, 1.54) is 0 Å². The number of aliphatic hydroxyl groups excluding tert-OH is 1. The van der Waals surface area contributed by atoms with Crippen LogP contribution < -0.4 is 5.32 Å². The topological polar surface area (TPSA) is 84.9 Å². The first kappa shape index (κ1) is 19.5. The van der Waals surface area contributed by atoms with Gasteiger partial charge in [-0.15, -0.1) is 0 Å². The van der Waals surface area contributed by atoms with E-state index in [-0.39, 0.29) is 12.7 Å². The number of nitrogens with one attached hydrogen (secondary N) is 1. The van der Waals surface area contributed by atoms with E-state index in [1.807, 2.05) is 30.3 Å². The van der Waals surface area contributed by atoms with Crippen molar-refractivity contribution in [3.8, 4) is 0 Å². The van der Waals surface area contributed by atoms with E-state index < -0.39 is 24.2 Å². The minimum atomic E-state index is -1.27. The molecule has 2 N–H and O–H groups in total. The predicted molar refractivity (Wildman–Crippen MR) is 96.2 cm³/mol. The first-order valence-electron chi connectivity index (χ1n) is 8.38. The maximum Gasteiger partial charge on any atom is 0.408 e. The van der Waals surface area contributed by atoms with Crippen molar-refractivity contribution in [3.63, 3.8) is 0 Å². The summed E-state index contributed by atoms with van der Waals surface area (Å²) in [7, 11) is 0. The molecule has 0 spiro atoms. The second kappa shape index (κ2) is 9.58. The van der Waals surface area contributed by atoms with Crippen LogP contribution in [0.2, 0.25) is 0 Å². The lowest BCUT2D eigenvalue weighted by Gasteiger charge is -2.23. The van der Waals surface area contributed by atoms with Crippen molar-refractivity contribution in [3.05, 3.63) is 71.8 Å². The Kier molecular flexibility index (Phi) is 7.17. The van der Waals surface area contributed by atoms with Gasteiger partial charge in [-0.2, -0.15) is 0 Å². The minimum absolute atomic E-state index is 0.0556. The SMILES string of the molecule is CC(C)OC(=O)[C@H](NC(=O)OCc1ccccc1)[C@@H](O)c1ccccc1. The van der Waals surface area contributed by atoms with Gasteiger partial charge >= 0.3 is 12.1 Å². The van der Waals surface area contributed by atoms with Gasteiger partial charge in [0.15, 0.2) is 6.04 Å². The fourth-order valence-electron chi connectivity index (χ4n) is 2.31. The van der Waals surface area contributed by atoms with Gasteiger partial charge in [0.05, 0.1) is 6.10 Å². The lowest BCUT2D eigenvalue weighted by molar-refractivity contribution is -0.153. The molecule has 0 bridgehead atoms. The molecule has 0 aliphatic carbocycles. The maximum absolute atomic E-state index is 12.3. The average molecular weight is 357 g/mol. The van der Waals surface area contributed by atoms with E-state index in [0.29, 0.717) is 5.56 Å². The Labute approximate surface area is 152 Å². The number of alkyl carbamates (subject to hydrolysis) is 1. The van der Waals surface area contributed by atoms with Crippen LogP contribution in [-0.2, 0) is 20.9 Å². The number of carbonyl (C=O) groups is 2. The second-order valence-electron chi connectivity index (χ2n) is 6.02. The highest BCUT2D eigenvalue weighted by atomic mass is 16.6. The zero-order valence-corrected chi connectivity index (χ0v) is 14.8. The quantitative estimate of drug-likeness (QED) is 0.744. The molecule has 0 radical (unpaired) electrons. The van der Waals surface area contributed by atoms with Crippen molar-refractivity contribution in [1.29, 1.82) is 0 Å². The summed E-state index contributed by atoms with van der Waals surface area (Å²) in [6, 6.07) is 16.5. The Morgan fingerprint density at radius 1 is 1.00 bits per heavy atom. The van der Waals surface area contributed by atoms with Gasteiger partial charge in [0, 0.05) is 0 Å². The molecule has 6 nitrogen and oxygen atoms in total. The lowest BCUT2D eigenvalue weighted by Crippen LogP contribution is -2.46. The summed E-state index contributed by atoms with van der Waals surface area (Å²) in [5.74, 6) is -0.729. The second-order valence-corrected chi connectivity index (χ2v) is 6.02. The van der Waals surface area contributed by atoms with Crippen molar-refractivity contribution in [2.24, 2.45) is 0 Å². The number of esters is 1. The van der Waals surface area contributed by atoms with Gasteiger partial charge in [0.2, 0.25) is 0 Å². The number of rotatable bonds is 7. The molecule has 0 fully saturated rings. The van der Waals surface area contributed by atoms with E-state index in [2.05, 4.69) is 5.32 Å². The molecule has 2 aromatic carbocycles. The molecule has 6 heteroatoms. The zero-order valence-electron chi connectivity index (χ0n) is 14.8. The highest BCUT2D eigenvalue weighted by Crippen LogP contribution is 2.18. The summed E-state index contributed by atoms with van der Waals surface area (Å²) < 4.78 is 10.3. The highest BCUT2D eigenvalue weighted by Gasteiger charge is 2.32. The molecule has 2 atom stereocenters. The number of benzene rings is 2. The van der Waals surface area contributed by atoms with Crippen LogP contribution in [0, 0.1) is 0 Å². The Morgan fingerprint density at radius 3 is 2.15 bits per heavy atom. The van der Waals surface area contributed by atoms with Crippen molar-refractivity contribution < 1.29 is 24.2 Å². The van der Waals surface area contributed by atoms with Gasteiger partial charge in [0.25, 0.3) is 0 Å². The van der Waals surface area contributed by atoms with Crippen LogP contribution in [0.1, 0.15) is 31.1 Å². The summed E-state index contributed by atoms with van der Waals surface area (Å²) in [6.07, 6.45) is -2.45. The third-order valence-corrected chi connectivity index (χ3v) is 3.55. The number of hydrogen-bond acceptors (Lipinski definition) is 5. The molecule has 2 rings (SSSR count). The third kappa shape index (κ3) is 5.89. The smallest absolute Gasteiger partial charge is 0.408 e. The molecular weight excluding hydrogens is 334 g/mol. The van der Waals surface area contributed by atoms with Gasteiger partial charge < -0.3 is 19.9 Å². The summed E-state index contributed by atoms with van der Waals surface area (Å²) in [5.41, 5.74) is 1.30. The molecular formula is C20H23NO5. The van der Waals surface area contributed by atoms with Crippen molar-refractivity contribution >= 4 is 12.1 Å². The molecule has 138 valence electrons. The number of carbonyl (C=O) groups excluding carboxylic acids is 2. The number of amides is 1.